The summed E-state index contributed by atoms with van der Waals surface area (Å²) in [6.07, 6.45) is 1.87. The summed E-state index contributed by atoms with van der Waals surface area (Å²) in [5.74, 6) is 0. The maximum Gasteiger partial charge on any atom is 0.0405 e. The normalized spacial score (nSPS) is 11.6. The highest BCUT2D eigenvalue weighted by molar-refractivity contribution is 5.43. The van der Waals surface area contributed by atoms with Gasteiger partial charge in [0.2, 0.25) is 0 Å². The lowest BCUT2D eigenvalue weighted by atomic mass is 9.86. The van der Waals surface area contributed by atoms with Crippen molar-refractivity contribution < 1.29 is 0 Å². The Labute approximate surface area is 79.9 Å². The molecule has 1 aromatic rings. The summed E-state index contributed by atoms with van der Waals surface area (Å²) >= 11 is 0. The molecular weight excluding hydrogens is 160 g/mol. The van der Waals surface area contributed by atoms with Gasteiger partial charge in [-0.3, -0.25) is 0 Å². The van der Waals surface area contributed by atoms with E-state index in [1.54, 1.807) is 0 Å². The average molecular weight is 178 g/mol. The first-order valence-electron chi connectivity index (χ1n) is 4.77. The van der Waals surface area contributed by atoms with Crippen LogP contribution in [0.2, 0.25) is 0 Å². The first-order chi connectivity index (χ1) is 6.12. The molecule has 2 nitrogen and oxygen atoms in total. The summed E-state index contributed by atoms with van der Waals surface area (Å²) in [5.41, 5.74) is 13.7. The monoisotopic (exact) mass is 178 g/mol. The standard InChI is InChI=1S/C11H18N2/c1-3-11(13,4-2)9-6-5-7-10(12)8-9/h5-8H,3-4,12-13H2,1-2H3. The molecule has 0 aliphatic heterocycles. The summed E-state index contributed by atoms with van der Waals surface area (Å²) in [7, 11) is 0. The van der Waals surface area contributed by atoms with Crippen LogP contribution in [-0.2, 0) is 5.54 Å². The Hall–Kier alpha value is -1.02. The summed E-state index contributed by atoms with van der Waals surface area (Å²) in [5, 5.41) is 0. The van der Waals surface area contributed by atoms with Gasteiger partial charge in [0, 0.05) is 11.2 Å². The Balaban J connectivity index is 3.05. The van der Waals surface area contributed by atoms with E-state index >= 15 is 0 Å². The first kappa shape index (κ1) is 10.1. The molecule has 0 spiro atoms. The van der Waals surface area contributed by atoms with E-state index in [0.29, 0.717) is 0 Å². The van der Waals surface area contributed by atoms with Gasteiger partial charge in [0.1, 0.15) is 0 Å². The van der Waals surface area contributed by atoms with Gasteiger partial charge in [0.05, 0.1) is 0 Å². The minimum Gasteiger partial charge on any atom is -0.399 e. The number of hydrogen-bond donors (Lipinski definition) is 2. The van der Waals surface area contributed by atoms with Crippen molar-refractivity contribution in [2.45, 2.75) is 32.2 Å². The highest BCUT2D eigenvalue weighted by Gasteiger charge is 2.22. The molecule has 13 heavy (non-hydrogen) atoms. The molecule has 1 rings (SSSR count). The minimum absolute atomic E-state index is 0.213. The van der Waals surface area contributed by atoms with Crippen molar-refractivity contribution in [1.82, 2.24) is 0 Å². The van der Waals surface area contributed by atoms with Gasteiger partial charge in [-0.2, -0.15) is 0 Å². The molecule has 0 saturated heterocycles. The fraction of sp³-hybridized carbons (Fsp3) is 0.455. The van der Waals surface area contributed by atoms with Gasteiger partial charge in [-0.05, 0) is 30.5 Å². The van der Waals surface area contributed by atoms with Crippen molar-refractivity contribution >= 4 is 5.69 Å². The molecule has 0 unspecified atom stereocenters. The second-order valence-corrected chi connectivity index (χ2v) is 3.49. The molecular formula is C11H18N2. The molecule has 0 saturated carbocycles. The van der Waals surface area contributed by atoms with Gasteiger partial charge in [0.15, 0.2) is 0 Å². The van der Waals surface area contributed by atoms with Crippen molar-refractivity contribution in [1.29, 1.82) is 0 Å². The third kappa shape index (κ3) is 2.01. The lowest BCUT2D eigenvalue weighted by Crippen LogP contribution is -2.35. The fourth-order valence-corrected chi connectivity index (χ4v) is 1.51. The predicted octanol–water partition coefficient (Wildman–Crippen LogP) is 2.24. The van der Waals surface area contributed by atoms with Crippen LogP contribution in [0, 0.1) is 0 Å². The lowest BCUT2D eigenvalue weighted by molar-refractivity contribution is 0.413. The van der Waals surface area contributed by atoms with Gasteiger partial charge in [-0.25, -0.2) is 0 Å². The van der Waals surface area contributed by atoms with Crippen LogP contribution in [0.1, 0.15) is 32.3 Å². The van der Waals surface area contributed by atoms with E-state index in [9.17, 15) is 0 Å². The molecule has 0 aliphatic rings. The van der Waals surface area contributed by atoms with E-state index in [4.69, 9.17) is 11.5 Å². The largest absolute Gasteiger partial charge is 0.399 e. The Kier molecular flexibility index (Phi) is 2.94. The number of benzene rings is 1. The second kappa shape index (κ2) is 3.79. The van der Waals surface area contributed by atoms with Crippen molar-refractivity contribution in [2.24, 2.45) is 5.73 Å². The Morgan fingerprint density at radius 3 is 2.31 bits per heavy atom. The van der Waals surface area contributed by atoms with Crippen LogP contribution in [0.25, 0.3) is 0 Å². The molecule has 72 valence electrons. The van der Waals surface area contributed by atoms with Gasteiger partial charge >= 0.3 is 0 Å². The van der Waals surface area contributed by atoms with Gasteiger partial charge in [-0.1, -0.05) is 26.0 Å². The van der Waals surface area contributed by atoms with E-state index in [-0.39, 0.29) is 5.54 Å². The molecule has 0 atom stereocenters. The third-order valence-corrected chi connectivity index (χ3v) is 2.72. The molecule has 4 N–H and O–H groups in total. The highest BCUT2D eigenvalue weighted by Crippen LogP contribution is 2.26. The zero-order valence-electron chi connectivity index (χ0n) is 8.38. The molecule has 0 aromatic heterocycles. The lowest BCUT2D eigenvalue weighted by Gasteiger charge is -2.27. The Morgan fingerprint density at radius 1 is 1.23 bits per heavy atom. The summed E-state index contributed by atoms with van der Waals surface area (Å²) < 4.78 is 0. The second-order valence-electron chi connectivity index (χ2n) is 3.49. The fourth-order valence-electron chi connectivity index (χ4n) is 1.51. The maximum atomic E-state index is 6.23. The topological polar surface area (TPSA) is 52.0 Å². The first-order valence-corrected chi connectivity index (χ1v) is 4.77. The quantitative estimate of drug-likeness (QED) is 0.697. The summed E-state index contributed by atoms with van der Waals surface area (Å²) in [6, 6.07) is 7.85. The van der Waals surface area contributed by atoms with Crippen LogP contribution in [0.15, 0.2) is 24.3 Å². The van der Waals surface area contributed by atoms with E-state index in [2.05, 4.69) is 13.8 Å². The van der Waals surface area contributed by atoms with Gasteiger partial charge < -0.3 is 11.5 Å². The van der Waals surface area contributed by atoms with Gasteiger partial charge in [0.25, 0.3) is 0 Å². The Morgan fingerprint density at radius 2 is 1.85 bits per heavy atom. The van der Waals surface area contributed by atoms with Crippen LogP contribution < -0.4 is 11.5 Å². The Bertz CT molecular complexity index is 277. The maximum absolute atomic E-state index is 6.23. The van der Waals surface area contributed by atoms with Crippen molar-refractivity contribution in [3.05, 3.63) is 29.8 Å². The van der Waals surface area contributed by atoms with Gasteiger partial charge in [-0.15, -0.1) is 0 Å². The molecule has 0 radical (unpaired) electrons. The SMILES string of the molecule is CCC(N)(CC)c1cccc(N)c1. The molecule has 0 fully saturated rings. The molecule has 0 bridgehead atoms. The molecule has 0 heterocycles. The number of hydrogen-bond acceptors (Lipinski definition) is 2. The summed E-state index contributed by atoms with van der Waals surface area (Å²) in [6.45, 7) is 4.21. The van der Waals surface area contributed by atoms with Crippen molar-refractivity contribution in [3.63, 3.8) is 0 Å². The van der Waals surface area contributed by atoms with Crippen LogP contribution in [0.5, 0.6) is 0 Å². The van der Waals surface area contributed by atoms with Crippen LogP contribution in [0.4, 0.5) is 5.69 Å². The number of nitrogens with two attached hydrogens (primary N) is 2. The van der Waals surface area contributed by atoms with E-state index in [0.717, 1.165) is 24.1 Å². The number of rotatable bonds is 3. The van der Waals surface area contributed by atoms with Crippen molar-refractivity contribution in [3.8, 4) is 0 Å². The smallest absolute Gasteiger partial charge is 0.0405 e. The molecule has 2 heteroatoms. The van der Waals surface area contributed by atoms with E-state index in [1.165, 1.54) is 0 Å². The third-order valence-electron chi connectivity index (χ3n) is 2.72. The predicted molar refractivity (Wildman–Crippen MR) is 57.3 cm³/mol. The minimum atomic E-state index is -0.213. The van der Waals surface area contributed by atoms with Crippen LogP contribution >= 0.6 is 0 Å². The van der Waals surface area contributed by atoms with Crippen molar-refractivity contribution in [2.75, 3.05) is 5.73 Å². The summed E-state index contributed by atoms with van der Waals surface area (Å²) in [4.78, 5) is 0. The average Bonchev–Trinajstić information content (AvgIpc) is 2.17. The van der Waals surface area contributed by atoms with E-state index < -0.39 is 0 Å². The van der Waals surface area contributed by atoms with Crippen LogP contribution in [-0.4, -0.2) is 0 Å². The molecule has 0 amide bonds. The highest BCUT2D eigenvalue weighted by atomic mass is 14.7. The van der Waals surface area contributed by atoms with Crippen LogP contribution in [0.3, 0.4) is 0 Å². The van der Waals surface area contributed by atoms with E-state index in [1.807, 2.05) is 24.3 Å². The zero-order valence-corrected chi connectivity index (χ0v) is 8.38. The number of anilines is 1. The molecule has 0 aliphatic carbocycles. The molecule has 1 aromatic carbocycles. The number of nitrogen functional groups attached to an aromatic ring is 1. The zero-order chi connectivity index (χ0) is 9.90.